The number of methoxy groups -OCH3 is 1. The Labute approximate surface area is 152 Å². The van der Waals surface area contributed by atoms with E-state index in [1.54, 1.807) is 7.11 Å². The highest BCUT2D eigenvalue weighted by Gasteiger charge is 2.17. The number of para-hydroxylation sites is 1. The molecule has 0 spiro atoms. The molecule has 136 valence electrons. The summed E-state index contributed by atoms with van der Waals surface area (Å²) in [5.41, 5.74) is 8.20. The molecule has 0 saturated carbocycles. The Hall–Kier alpha value is -3.06. The van der Waals surface area contributed by atoms with Gasteiger partial charge in [0.1, 0.15) is 5.82 Å². The fourth-order valence-corrected chi connectivity index (χ4v) is 2.57. The molecule has 0 aliphatic rings. The molecule has 2 aromatic carbocycles. The maximum absolute atomic E-state index is 6.32. The van der Waals surface area contributed by atoms with Crippen LogP contribution in [0.25, 0.3) is 0 Å². The van der Waals surface area contributed by atoms with Gasteiger partial charge in [-0.05, 0) is 36.8 Å². The number of benzene rings is 2. The van der Waals surface area contributed by atoms with Gasteiger partial charge in [0, 0.05) is 5.69 Å². The molecule has 0 amide bonds. The van der Waals surface area contributed by atoms with Gasteiger partial charge in [0.25, 0.3) is 0 Å². The average Bonchev–Trinajstić information content (AvgIpc) is 3.16. The fraction of sp³-hybridized carbons (Fsp3) is 0.263. The van der Waals surface area contributed by atoms with Crippen LogP contribution in [-0.4, -0.2) is 28.9 Å². The number of nitrogens with zero attached hydrogens (tertiary/aromatic N) is 2. The zero-order chi connectivity index (χ0) is 18.4. The van der Waals surface area contributed by atoms with Gasteiger partial charge in [-0.25, -0.2) is 4.98 Å². The lowest BCUT2D eigenvalue weighted by molar-refractivity contribution is 0.310. The molecule has 0 unspecified atom stereocenters. The molecule has 0 aliphatic heterocycles. The van der Waals surface area contributed by atoms with E-state index >= 15 is 0 Å². The summed E-state index contributed by atoms with van der Waals surface area (Å²) < 4.78 is 10.9. The van der Waals surface area contributed by atoms with Gasteiger partial charge in [0.05, 0.1) is 26.3 Å². The van der Waals surface area contributed by atoms with Crippen molar-refractivity contribution in [3.05, 3.63) is 65.7 Å². The molecule has 1 aromatic heterocycles. The summed E-state index contributed by atoms with van der Waals surface area (Å²) in [6, 6.07) is 15.1. The lowest BCUT2D eigenvalue weighted by Crippen LogP contribution is -2.14. The van der Waals surface area contributed by atoms with E-state index in [1.807, 2.05) is 55.5 Å². The van der Waals surface area contributed by atoms with Gasteiger partial charge in [-0.2, -0.15) is 5.10 Å². The third-order valence-corrected chi connectivity index (χ3v) is 3.91. The fourth-order valence-electron chi connectivity index (χ4n) is 2.57. The highest BCUT2D eigenvalue weighted by atomic mass is 16.5. The molecular formula is C19H23N5O2. The topological polar surface area (TPSA) is 98.1 Å². The smallest absolute Gasteiger partial charge is 0.171 e. The number of aromatic amines is 1. The highest BCUT2D eigenvalue weighted by molar-refractivity contribution is 5.45. The van der Waals surface area contributed by atoms with Gasteiger partial charge >= 0.3 is 0 Å². The molecule has 7 nitrogen and oxygen atoms in total. The average molecular weight is 353 g/mol. The zero-order valence-electron chi connectivity index (χ0n) is 14.9. The minimum Gasteiger partial charge on any atom is -0.493 e. The minimum atomic E-state index is -0.457. The van der Waals surface area contributed by atoms with Gasteiger partial charge in [0.15, 0.2) is 17.3 Å². The third kappa shape index (κ3) is 4.12. The van der Waals surface area contributed by atoms with E-state index in [1.165, 1.54) is 0 Å². The van der Waals surface area contributed by atoms with E-state index in [9.17, 15) is 0 Å². The predicted octanol–water partition coefficient (Wildman–Crippen LogP) is 2.87. The van der Waals surface area contributed by atoms with Crippen LogP contribution < -0.4 is 20.5 Å². The second-order valence-electron chi connectivity index (χ2n) is 5.68. The summed E-state index contributed by atoms with van der Waals surface area (Å²) in [6.07, 6.45) is 0. The summed E-state index contributed by atoms with van der Waals surface area (Å²) >= 11 is 0. The second kappa shape index (κ2) is 8.35. The van der Waals surface area contributed by atoms with Crippen LogP contribution in [0.15, 0.2) is 48.5 Å². The number of ether oxygens (including phenoxy) is 2. The van der Waals surface area contributed by atoms with Gasteiger partial charge in [0.2, 0.25) is 0 Å². The Morgan fingerprint density at radius 1 is 1.15 bits per heavy atom. The molecule has 0 saturated heterocycles. The molecule has 0 bridgehead atoms. The number of nitrogens with one attached hydrogen (secondary N) is 2. The molecule has 26 heavy (non-hydrogen) atoms. The van der Waals surface area contributed by atoms with E-state index in [0.29, 0.717) is 30.5 Å². The van der Waals surface area contributed by atoms with Crippen molar-refractivity contribution in [2.24, 2.45) is 5.73 Å². The van der Waals surface area contributed by atoms with E-state index in [2.05, 4.69) is 20.5 Å². The number of hydrogen-bond acceptors (Lipinski definition) is 6. The Bertz CT molecular complexity index is 835. The standard InChI is InChI=1S/C19H23N5O2/c1-3-26-15-10-9-13(11-16(15)25-2)18(20)19-22-17(23-24-19)12-21-14-7-5-4-6-8-14/h4-11,18,21H,3,12,20H2,1-2H3,(H,22,23,24)/t18-/m1/s1. The molecule has 1 heterocycles. The number of anilines is 1. The number of hydrogen-bond donors (Lipinski definition) is 3. The molecule has 7 heteroatoms. The maximum Gasteiger partial charge on any atom is 0.171 e. The van der Waals surface area contributed by atoms with Crippen molar-refractivity contribution in [1.29, 1.82) is 0 Å². The number of nitrogens with two attached hydrogens (primary N) is 1. The van der Waals surface area contributed by atoms with Crippen LogP contribution in [0.2, 0.25) is 0 Å². The SMILES string of the molecule is CCOc1ccc([C@@H](N)c2n[nH]c(CNc3ccccc3)n2)cc1OC. The van der Waals surface area contributed by atoms with Crippen molar-refractivity contribution in [3.63, 3.8) is 0 Å². The Morgan fingerprint density at radius 2 is 1.96 bits per heavy atom. The van der Waals surface area contributed by atoms with E-state index in [0.717, 1.165) is 17.1 Å². The molecule has 0 radical (unpaired) electrons. The molecule has 0 fully saturated rings. The number of aromatic nitrogens is 3. The molecule has 3 aromatic rings. The molecule has 4 N–H and O–H groups in total. The Morgan fingerprint density at radius 3 is 2.69 bits per heavy atom. The van der Waals surface area contributed by atoms with Crippen LogP contribution in [-0.2, 0) is 6.54 Å². The van der Waals surface area contributed by atoms with Crippen molar-refractivity contribution in [2.45, 2.75) is 19.5 Å². The number of rotatable bonds is 8. The normalized spacial score (nSPS) is 11.8. The highest BCUT2D eigenvalue weighted by Crippen LogP contribution is 2.31. The molecular weight excluding hydrogens is 330 g/mol. The van der Waals surface area contributed by atoms with Crippen LogP contribution >= 0.6 is 0 Å². The van der Waals surface area contributed by atoms with Gasteiger partial charge in [-0.1, -0.05) is 24.3 Å². The molecule has 0 aliphatic carbocycles. The summed E-state index contributed by atoms with van der Waals surface area (Å²) in [6.45, 7) is 3.04. The summed E-state index contributed by atoms with van der Waals surface area (Å²) in [4.78, 5) is 4.49. The largest absolute Gasteiger partial charge is 0.493 e. The third-order valence-electron chi connectivity index (χ3n) is 3.91. The van der Waals surface area contributed by atoms with E-state index in [4.69, 9.17) is 15.2 Å². The first-order valence-electron chi connectivity index (χ1n) is 8.47. The van der Waals surface area contributed by atoms with Crippen molar-refractivity contribution < 1.29 is 9.47 Å². The van der Waals surface area contributed by atoms with Crippen molar-refractivity contribution in [2.75, 3.05) is 19.0 Å². The second-order valence-corrected chi connectivity index (χ2v) is 5.68. The summed E-state index contributed by atoms with van der Waals surface area (Å²) in [5.74, 6) is 2.58. The lowest BCUT2D eigenvalue weighted by Gasteiger charge is -2.13. The van der Waals surface area contributed by atoms with Crippen LogP contribution in [0.3, 0.4) is 0 Å². The van der Waals surface area contributed by atoms with E-state index in [-0.39, 0.29) is 0 Å². The summed E-state index contributed by atoms with van der Waals surface area (Å²) in [7, 11) is 1.60. The first-order chi connectivity index (χ1) is 12.7. The monoisotopic (exact) mass is 353 g/mol. The van der Waals surface area contributed by atoms with Gasteiger partial charge in [-0.15, -0.1) is 0 Å². The zero-order valence-corrected chi connectivity index (χ0v) is 14.9. The van der Waals surface area contributed by atoms with Crippen molar-refractivity contribution >= 4 is 5.69 Å². The van der Waals surface area contributed by atoms with Crippen LogP contribution in [0.1, 0.15) is 30.2 Å². The van der Waals surface area contributed by atoms with Gasteiger partial charge < -0.3 is 20.5 Å². The Kier molecular flexibility index (Phi) is 5.70. The minimum absolute atomic E-state index is 0.457. The number of H-pyrrole nitrogens is 1. The molecule has 3 rings (SSSR count). The first kappa shape index (κ1) is 17.8. The van der Waals surface area contributed by atoms with Gasteiger partial charge in [-0.3, -0.25) is 5.10 Å². The Balaban J connectivity index is 1.70. The molecule has 1 atom stereocenters. The van der Waals surface area contributed by atoms with Crippen LogP contribution in [0.5, 0.6) is 11.5 Å². The van der Waals surface area contributed by atoms with Crippen molar-refractivity contribution in [3.8, 4) is 11.5 Å². The quantitative estimate of drug-likeness (QED) is 0.576. The summed E-state index contributed by atoms with van der Waals surface area (Å²) in [5, 5.41) is 10.5. The predicted molar refractivity (Wildman–Crippen MR) is 100 cm³/mol. The van der Waals surface area contributed by atoms with Crippen LogP contribution in [0.4, 0.5) is 5.69 Å². The lowest BCUT2D eigenvalue weighted by atomic mass is 10.1. The van der Waals surface area contributed by atoms with Crippen molar-refractivity contribution in [1.82, 2.24) is 15.2 Å². The first-order valence-corrected chi connectivity index (χ1v) is 8.47. The maximum atomic E-state index is 6.32. The van der Waals surface area contributed by atoms with Crippen LogP contribution in [0, 0.1) is 0 Å². The van der Waals surface area contributed by atoms with E-state index < -0.39 is 6.04 Å².